The molecule has 1 heterocycles. The first-order valence-corrected chi connectivity index (χ1v) is 2.16. The molecule has 1 aliphatic heterocycles. The van der Waals surface area contributed by atoms with E-state index in [1.54, 1.807) is 0 Å². The molecule has 0 aromatic rings. The van der Waals surface area contributed by atoms with E-state index in [1.807, 2.05) is 6.92 Å². The minimum atomic E-state index is 0.234. The molecule has 38 valence electrons. The van der Waals surface area contributed by atoms with Crippen LogP contribution in [0.25, 0.3) is 0 Å². The molecule has 0 bridgehead atoms. The molecule has 0 N–H and O–H groups in total. The van der Waals surface area contributed by atoms with E-state index in [0.29, 0.717) is 6.54 Å². The molecule has 0 fully saturated rings. The van der Waals surface area contributed by atoms with E-state index in [9.17, 15) is 0 Å². The van der Waals surface area contributed by atoms with E-state index < -0.39 is 0 Å². The fraction of sp³-hybridized carbons (Fsp3) is 1.00. The largest absolute Gasteiger partial charge is 0.165 e. The van der Waals surface area contributed by atoms with Gasteiger partial charge in [-0.05, 0) is 17.4 Å². The summed E-state index contributed by atoms with van der Waals surface area (Å²) in [6.07, 6.45) is 0. The van der Waals surface area contributed by atoms with Gasteiger partial charge in [0.05, 0.1) is 12.6 Å². The number of rotatable bonds is 0. The molecule has 4 nitrogen and oxygen atoms in total. The minimum Gasteiger partial charge on any atom is -0.165 e. The van der Waals surface area contributed by atoms with Crippen molar-refractivity contribution in [3.63, 3.8) is 0 Å². The Bertz CT molecular complexity index is 106. The molecule has 0 radical (unpaired) electrons. The summed E-state index contributed by atoms with van der Waals surface area (Å²) in [6.45, 7) is 2.63. The quantitative estimate of drug-likeness (QED) is 0.437. The Balaban J connectivity index is 2.49. The molecule has 4 heteroatoms. The van der Waals surface area contributed by atoms with Gasteiger partial charge in [0.1, 0.15) is 0 Å². The van der Waals surface area contributed by atoms with Crippen molar-refractivity contribution in [1.29, 1.82) is 0 Å². The van der Waals surface area contributed by atoms with Crippen LogP contribution in [0.5, 0.6) is 0 Å². The molecule has 7 heavy (non-hydrogen) atoms. The first kappa shape index (κ1) is 4.36. The highest BCUT2D eigenvalue weighted by Crippen LogP contribution is 1.97. The van der Waals surface area contributed by atoms with Gasteiger partial charge < -0.3 is 0 Å². The fourth-order valence-corrected chi connectivity index (χ4v) is 0.331. The number of nitrogens with zero attached hydrogens (tertiary/aromatic N) is 4. The molecular weight excluding hydrogens is 92.1 g/mol. The van der Waals surface area contributed by atoms with Gasteiger partial charge >= 0.3 is 0 Å². The maximum atomic E-state index is 3.69. The van der Waals surface area contributed by atoms with E-state index in [1.165, 1.54) is 0 Å². The predicted octanol–water partition coefficient (Wildman–Crippen LogP) is 1.21. The van der Waals surface area contributed by atoms with Crippen molar-refractivity contribution in [3.8, 4) is 0 Å². The Labute approximate surface area is 41.3 Å². The lowest BCUT2D eigenvalue weighted by Gasteiger charge is -1.98. The Kier molecular flexibility index (Phi) is 1.10. The first-order valence-electron chi connectivity index (χ1n) is 2.16. The third-order valence-electron chi connectivity index (χ3n) is 0.698. The molecule has 0 aromatic heterocycles. The van der Waals surface area contributed by atoms with E-state index in [2.05, 4.69) is 20.7 Å². The minimum absolute atomic E-state index is 0.234. The van der Waals surface area contributed by atoms with Gasteiger partial charge in [0.2, 0.25) is 0 Å². The zero-order valence-electron chi connectivity index (χ0n) is 4.07. The summed E-state index contributed by atoms with van der Waals surface area (Å²) in [4.78, 5) is 0. The lowest BCUT2D eigenvalue weighted by atomic mass is 10.4. The summed E-state index contributed by atoms with van der Waals surface area (Å²) in [6, 6.07) is 0.234. The Morgan fingerprint density at radius 1 is 1.43 bits per heavy atom. The van der Waals surface area contributed by atoms with Gasteiger partial charge in [0.15, 0.2) is 0 Å². The highest BCUT2D eigenvalue weighted by molar-refractivity contribution is 4.59. The molecule has 0 saturated carbocycles. The molecule has 1 aliphatic rings. The van der Waals surface area contributed by atoms with E-state index in [0.717, 1.165) is 0 Å². The SMILES string of the molecule is CC1CN=NN=N1. The number of hydrogen-bond acceptors (Lipinski definition) is 4. The molecule has 1 rings (SSSR count). The molecule has 0 saturated heterocycles. The zero-order chi connectivity index (χ0) is 5.11. The van der Waals surface area contributed by atoms with Crippen LogP contribution in [0.3, 0.4) is 0 Å². The second kappa shape index (κ2) is 1.77. The van der Waals surface area contributed by atoms with Crippen LogP contribution in [0.15, 0.2) is 20.7 Å². The average molecular weight is 98.1 g/mol. The lowest BCUT2D eigenvalue weighted by molar-refractivity contribution is 0.614. The molecule has 0 aliphatic carbocycles. The van der Waals surface area contributed by atoms with Crippen LogP contribution in [0.2, 0.25) is 0 Å². The van der Waals surface area contributed by atoms with Gasteiger partial charge in [-0.1, -0.05) is 0 Å². The van der Waals surface area contributed by atoms with Gasteiger partial charge in [0, 0.05) is 0 Å². The van der Waals surface area contributed by atoms with Crippen molar-refractivity contribution in [2.45, 2.75) is 13.0 Å². The van der Waals surface area contributed by atoms with Crippen molar-refractivity contribution in [1.82, 2.24) is 0 Å². The number of hydrogen-bond donors (Lipinski definition) is 0. The molecule has 1 atom stereocenters. The smallest absolute Gasteiger partial charge is 0.0916 e. The summed E-state index contributed by atoms with van der Waals surface area (Å²) in [7, 11) is 0. The summed E-state index contributed by atoms with van der Waals surface area (Å²) in [5, 5.41) is 14.0. The fourth-order valence-electron chi connectivity index (χ4n) is 0.331. The van der Waals surface area contributed by atoms with E-state index in [-0.39, 0.29) is 6.04 Å². The van der Waals surface area contributed by atoms with Gasteiger partial charge in [0.25, 0.3) is 0 Å². The van der Waals surface area contributed by atoms with E-state index >= 15 is 0 Å². The van der Waals surface area contributed by atoms with Crippen LogP contribution in [-0.2, 0) is 0 Å². The van der Waals surface area contributed by atoms with Gasteiger partial charge in [-0.15, -0.1) is 0 Å². The van der Waals surface area contributed by atoms with Crippen LogP contribution in [0.4, 0.5) is 0 Å². The van der Waals surface area contributed by atoms with Crippen molar-refractivity contribution in [3.05, 3.63) is 0 Å². The molecule has 0 aromatic carbocycles. The third-order valence-corrected chi connectivity index (χ3v) is 0.698. The predicted molar refractivity (Wildman–Crippen MR) is 24.0 cm³/mol. The standard InChI is InChI=1S/C3H6N4/c1-3-2-4-6-7-5-3/h3H,2H2,1H3. The van der Waals surface area contributed by atoms with Crippen LogP contribution in [0.1, 0.15) is 6.92 Å². The van der Waals surface area contributed by atoms with E-state index in [4.69, 9.17) is 0 Å². The highest BCUT2D eigenvalue weighted by atomic mass is 15.5. The van der Waals surface area contributed by atoms with Gasteiger partial charge in [-0.2, -0.15) is 10.2 Å². The molecular formula is C3H6N4. The first-order chi connectivity index (χ1) is 3.39. The van der Waals surface area contributed by atoms with Crippen LogP contribution in [-0.4, -0.2) is 12.6 Å². The second-order valence-corrected chi connectivity index (χ2v) is 1.47. The van der Waals surface area contributed by atoms with Gasteiger partial charge in [-0.3, -0.25) is 0 Å². The maximum absolute atomic E-state index is 3.69. The second-order valence-electron chi connectivity index (χ2n) is 1.47. The Hall–Kier alpha value is -0.800. The topological polar surface area (TPSA) is 49.4 Å². The maximum Gasteiger partial charge on any atom is 0.0916 e. The van der Waals surface area contributed by atoms with Crippen molar-refractivity contribution in [2.75, 3.05) is 6.54 Å². The van der Waals surface area contributed by atoms with Crippen molar-refractivity contribution in [2.24, 2.45) is 20.7 Å². The van der Waals surface area contributed by atoms with Crippen LogP contribution in [0, 0.1) is 0 Å². The van der Waals surface area contributed by atoms with Crippen molar-refractivity contribution < 1.29 is 0 Å². The Morgan fingerprint density at radius 2 is 2.29 bits per heavy atom. The van der Waals surface area contributed by atoms with Crippen LogP contribution < -0.4 is 0 Å². The lowest BCUT2D eigenvalue weighted by Crippen LogP contribution is -2.02. The van der Waals surface area contributed by atoms with Crippen molar-refractivity contribution >= 4 is 0 Å². The van der Waals surface area contributed by atoms with Gasteiger partial charge in [-0.25, -0.2) is 0 Å². The Morgan fingerprint density at radius 3 is 2.57 bits per heavy atom. The highest BCUT2D eigenvalue weighted by Gasteiger charge is 1.98. The molecule has 1 unspecified atom stereocenters. The summed E-state index contributed by atoms with van der Waals surface area (Å²) in [5.74, 6) is 0. The summed E-state index contributed by atoms with van der Waals surface area (Å²) < 4.78 is 0. The molecule has 0 amide bonds. The average Bonchev–Trinajstić information content (AvgIpc) is 1.69. The molecule has 0 spiro atoms. The summed E-state index contributed by atoms with van der Waals surface area (Å²) >= 11 is 0. The summed E-state index contributed by atoms with van der Waals surface area (Å²) in [5.41, 5.74) is 0. The monoisotopic (exact) mass is 98.1 g/mol. The van der Waals surface area contributed by atoms with Crippen LogP contribution >= 0.6 is 0 Å². The third kappa shape index (κ3) is 1.03. The normalized spacial score (nSPS) is 28.4. The zero-order valence-corrected chi connectivity index (χ0v) is 4.07.